The highest BCUT2D eigenvalue weighted by Crippen LogP contribution is 2.30. The minimum Gasteiger partial charge on any atom is -0.462 e. The van der Waals surface area contributed by atoms with Gasteiger partial charge in [-0.3, -0.25) is 14.6 Å². The van der Waals surface area contributed by atoms with Crippen molar-refractivity contribution in [2.45, 2.75) is 6.92 Å². The Bertz CT molecular complexity index is 1500. The lowest BCUT2D eigenvalue weighted by atomic mass is 10.1. The van der Waals surface area contributed by atoms with Gasteiger partial charge in [-0.2, -0.15) is 0 Å². The number of fused-ring (bicyclic) bond motifs is 2. The lowest BCUT2D eigenvalue weighted by Gasteiger charge is -2.37. The van der Waals surface area contributed by atoms with Gasteiger partial charge in [0.05, 0.1) is 17.8 Å². The summed E-state index contributed by atoms with van der Waals surface area (Å²) in [6.07, 6.45) is 1.66. The third-order valence-electron chi connectivity index (χ3n) is 6.51. The van der Waals surface area contributed by atoms with Crippen LogP contribution in [0.3, 0.4) is 0 Å². The highest BCUT2D eigenvalue weighted by Gasteiger charge is 2.30. The zero-order valence-corrected chi connectivity index (χ0v) is 19.7. The molecule has 0 unspecified atom stereocenters. The zero-order valence-electron chi connectivity index (χ0n) is 19.7. The van der Waals surface area contributed by atoms with Crippen molar-refractivity contribution in [1.82, 2.24) is 14.5 Å². The molecular formula is C27H26N4O4. The Kier molecular flexibility index (Phi) is 5.94. The lowest BCUT2D eigenvalue weighted by molar-refractivity contribution is 0.0523. The molecule has 5 rings (SSSR count). The van der Waals surface area contributed by atoms with Gasteiger partial charge in [0, 0.05) is 50.2 Å². The molecule has 2 aromatic carbocycles. The zero-order chi connectivity index (χ0) is 24.5. The van der Waals surface area contributed by atoms with Gasteiger partial charge >= 0.3 is 5.97 Å². The molecule has 35 heavy (non-hydrogen) atoms. The first-order valence-electron chi connectivity index (χ1n) is 11.7. The van der Waals surface area contributed by atoms with E-state index >= 15 is 0 Å². The van der Waals surface area contributed by atoms with E-state index in [1.54, 1.807) is 25.1 Å². The molecule has 1 amide bonds. The number of carbonyl (C=O) groups is 2. The van der Waals surface area contributed by atoms with Crippen LogP contribution in [0.2, 0.25) is 0 Å². The molecule has 0 aliphatic carbocycles. The number of rotatable bonds is 4. The van der Waals surface area contributed by atoms with Crippen molar-refractivity contribution >= 4 is 39.2 Å². The molecule has 8 nitrogen and oxygen atoms in total. The molecular weight excluding hydrogens is 444 g/mol. The first-order chi connectivity index (χ1) is 17.0. The van der Waals surface area contributed by atoms with Crippen LogP contribution in [0.15, 0.2) is 65.6 Å². The maximum Gasteiger partial charge on any atom is 0.345 e. The Labute approximate surface area is 202 Å². The van der Waals surface area contributed by atoms with E-state index in [1.807, 2.05) is 59.5 Å². The summed E-state index contributed by atoms with van der Waals surface area (Å²) in [5.41, 5.74) is 1.37. The van der Waals surface area contributed by atoms with Gasteiger partial charge in [0.1, 0.15) is 11.3 Å². The van der Waals surface area contributed by atoms with E-state index in [9.17, 15) is 14.4 Å². The summed E-state index contributed by atoms with van der Waals surface area (Å²) in [7, 11) is 1.66. The number of amides is 1. The van der Waals surface area contributed by atoms with Crippen LogP contribution in [0.25, 0.3) is 21.7 Å². The maximum atomic E-state index is 13.3. The van der Waals surface area contributed by atoms with Crippen LogP contribution in [-0.4, -0.2) is 59.1 Å². The standard InChI is InChI=1S/C27H26N4O4/c1-3-35-27(34)22-24(20-10-6-7-11-21(20)29(2)25(22)32)30-14-16-31(17-15-30)26(33)23-19-9-5-4-8-18(19)12-13-28-23/h4-13H,3,14-17H2,1-2H3. The average Bonchev–Trinajstić information content (AvgIpc) is 2.90. The predicted molar refractivity (Wildman–Crippen MR) is 135 cm³/mol. The lowest BCUT2D eigenvalue weighted by Crippen LogP contribution is -2.50. The summed E-state index contributed by atoms with van der Waals surface area (Å²) >= 11 is 0. The van der Waals surface area contributed by atoms with Crippen molar-refractivity contribution in [2.75, 3.05) is 37.7 Å². The number of aryl methyl sites for hydroxylation is 1. The highest BCUT2D eigenvalue weighted by atomic mass is 16.5. The summed E-state index contributed by atoms with van der Waals surface area (Å²) in [5.74, 6) is -0.756. The number of benzene rings is 2. The van der Waals surface area contributed by atoms with E-state index in [4.69, 9.17) is 4.74 Å². The van der Waals surface area contributed by atoms with Crippen molar-refractivity contribution in [3.8, 4) is 0 Å². The summed E-state index contributed by atoms with van der Waals surface area (Å²) in [5, 5.41) is 2.59. The summed E-state index contributed by atoms with van der Waals surface area (Å²) < 4.78 is 6.73. The number of pyridine rings is 2. The minimum absolute atomic E-state index is 0.0311. The number of ether oxygens (including phenoxy) is 1. The third-order valence-corrected chi connectivity index (χ3v) is 6.51. The van der Waals surface area contributed by atoms with Gasteiger partial charge in [-0.1, -0.05) is 42.5 Å². The van der Waals surface area contributed by atoms with E-state index in [1.165, 1.54) is 4.57 Å². The van der Waals surface area contributed by atoms with Crippen LogP contribution in [0.4, 0.5) is 5.69 Å². The first-order valence-corrected chi connectivity index (χ1v) is 11.7. The van der Waals surface area contributed by atoms with E-state index in [-0.39, 0.29) is 18.1 Å². The topological polar surface area (TPSA) is 84.7 Å². The van der Waals surface area contributed by atoms with Crippen LogP contribution >= 0.6 is 0 Å². The number of hydrogen-bond donors (Lipinski definition) is 0. The van der Waals surface area contributed by atoms with Crippen molar-refractivity contribution in [2.24, 2.45) is 7.05 Å². The molecule has 1 saturated heterocycles. The van der Waals surface area contributed by atoms with Crippen LogP contribution in [0.1, 0.15) is 27.8 Å². The molecule has 1 fully saturated rings. The van der Waals surface area contributed by atoms with Gasteiger partial charge in [-0.25, -0.2) is 4.79 Å². The molecule has 0 radical (unpaired) electrons. The van der Waals surface area contributed by atoms with Crippen molar-refractivity contribution in [3.05, 3.63) is 82.4 Å². The fourth-order valence-corrected chi connectivity index (χ4v) is 4.77. The van der Waals surface area contributed by atoms with Gasteiger partial charge < -0.3 is 19.1 Å². The molecule has 178 valence electrons. The second kappa shape index (κ2) is 9.21. The number of nitrogens with zero attached hydrogens (tertiary/aromatic N) is 4. The number of esters is 1. The fraction of sp³-hybridized carbons (Fsp3) is 0.259. The molecule has 4 aromatic rings. The van der Waals surface area contributed by atoms with Gasteiger partial charge in [-0.05, 0) is 24.4 Å². The molecule has 1 aliphatic heterocycles. The number of anilines is 1. The van der Waals surface area contributed by atoms with Gasteiger partial charge in [0.25, 0.3) is 11.5 Å². The van der Waals surface area contributed by atoms with Crippen LogP contribution in [0.5, 0.6) is 0 Å². The summed E-state index contributed by atoms with van der Waals surface area (Å²) in [6, 6.07) is 17.1. The smallest absolute Gasteiger partial charge is 0.345 e. The molecule has 2 aromatic heterocycles. The normalized spacial score (nSPS) is 13.9. The Morgan fingerprint density at radius 2 is 1.63 bits per heavy atom. The number of carbonyl (C=O) groups excluding carboxylic acids is 2. The largest absolute Gasteiger partial charge is 0.462 e. The number of hydrogen-bond acceptors (Lipinski definition) is 6. The van der Waals surface area contributed by atoms with Crippen molar-refractivity contribution < 1.29 is 14.3 Å². The van der Waals surface area contributed by atoms with Gasteiger partial charge in [0.15, 0.2) is 0 Å². The molecule has 0 bridgehead atoms. The predicted octanol–water partition coefficient (Wildman–Crippen LogP) is 3.23. The van der Waals surface area contributed by atoms with Crippen molar-refractivity contribution in [1.29, 1.82) is 0 Å². The van der Waals surface area contributed by atoms with Crippen LogP contribution in [0, 0.1) is 0 Å². The number of piperazine rings is 1. The van der Waals surface area contributed by atoms with E-state index in [0.717, 1.165) is 21.7 Å². The highest BCUT2D eigenvalue weighted by molar-refractivity contribution is 6.06. The molecule has 0 saturated carbocycles. The SMILES string of the molecule is CCOC(=O)c1c(N2CCN(C(=O)c3nccc4ccccc34)CC2)c2ccccc2n(C)c1=O. The monoisotopic (exact) mass is 470 g/mol. The Morgan fingerprint density at radius 3 is 2.37 bits per heavy atom. The van der Waals surface area contributed by atoms with Crippen LogP contribution in [-0.2, 0) is 11.8 Å². The molecule has 0 spiro atoms. The quantitative estimate of drug-likeness (QED) is 0.426. The second-order valence-electron chi connectivity index (χ2n) is 8.49. The van der Waals surface area contributed by atoms with E-state index < -0.39 is 11.5 Å². The summed E-state index contributed by atoms with van der Waals surface area (Å²) in [4.78, 5) is 47.6. The first kappa shape index (κ1) is 22.6. The van der Waals surface area contributed by atoms with Gasteiger partial charge in [0.2, 0.25) is 0 Å². The van der Waals surface area contributed by atoms with E-state index in [0.29, 0.717) is 37.6 Å². The van der Waals surface area contributed by atoms with E-state index in [2.05, 4.69) is 4.98 Å². The average molecular weight is 471 g/mol. The molecule has 8 heteroatoms. The Hall–Kier alpha value is -4.20. The molecule has 1 aliphatic rings. The summed E-state index contributed by atoms with van der Waals surface area (Å²) in [6.45, 7) is 3.72. The number of para-hydroxylation sites is 1. The van der Waals surface area contributed by atoms with Crippen LogP contribution < -0.4 is 10.5 Å². The Balaban J connectivity index is 1.49. The fourth-order valence-electron chi connectivity index (χ4n) is 4.77. The Morgan fingerprint density at radius 1 is 0.943 bits per heavy atom. The van der Waals surface area contributed by atoms with Crippen molar-refractivity contribution in [3.63, 3.8) is 0 Å². The number of aromatic nitrogens is 2. The van der Waals surface area contributed by atoms with Gasteiger partial charge in [-0.15, -0.1) is 0 Å². The molecule has 3 heterocycles. The third kappa shape index (κ3) is 3.90. The minimum atomic E-state index is -0.632. The maximum absolute atomic E-state index is 13.3. The molecule has 0 atom stereocenters. The molecule has 0 N–H and O–H groups in total. The second-order valence-corrected chi connectivity index (χ2v) is 8.49.